The molecule has 0 bridgehead atoms. The zero-order chi connectivity index (χ0) is 16.1. The highest BCUT2D eigenvalue weighted by molar-refractivity contribution is 5.76. The number of hydrogen-bond donors (Lipinski definition) is 1. The first kappa shape index (κ1) is 15.8. The van der Waals surface area contributed by atoms with Gasteiger partial charge in [0, 0.05) is 11.9 Å². The van der Waals surface area contributed by atoms with Gasteiger partial charge in [-0.2, -0.15) is 0 Å². The summed E-state index contributed by atoms with van der Waals surface area (Å²) in [4.78, 5) is 22.9. The molecule has 0 aliphatic heterocycles. The normalized spacial score (nSPS) is 11.9. The van der Waals surface area contributed by atoms with E-state index in [9.17, 15) is 9.59 Å². The molecule has 2 aromatic rings. The third-order valence-electron chi connectivity index (χ3n) is 3.63. The molecule has 0 saturated heterocycles. The summed E-state index contributed by atoms with van der Waals surface area (Å²) in [6.07, 6.45) is 1.56. The van der Waals surface area contributed by atoms with Gasteiger partial charge in [-0.25, -0.2) is 4.79 Å². The summed E-state index contributed by atoms with van der Waals surface area (Å²) in [5, 5.41) is 9.09. The van der Waals surface area contributed by atoms with Gasteiger partial charge in [0.2, 0.25) is 0 Å². The molecule has 0 amide bonds. The van der Waals surface area contributed by atoms with E-state index in [4.69, 9.17) is 9.84 Å². The van der Waals surface area contributed by atoms with Crippen molar-refractivity contribution in [2.45, 2.75) is 25.7 Å². The maximum atomic E-state index is 11.8. The summed E-state index contributed by atoms with van der Waals surface area (Å²) < 4.78 is 5.97. The number of carbonyl (C=O) groups is 2. The molecule has 1 aromatic carbocycles. The van der Waals surface area contributed by atoms with Crippen LogP contribution in [0.1, 0.15) is 29.7 Å². The van der Waals surface area contributed by atoms with E-state index in [1.807, 2.05) is 37.3 Å². The highest BCUT2D eigenvalue weighted by Gasteiger charge is 2.21. The first-order chi connectivity index (χ1) is 10.5. The average Bonchev–Trinajstić information content (AvgIpc) is 2.90. The average molecular weight is 301 g/mol. The first-order valence-corrected chi connectivity index (χ1v) is 7.07. The molecule has 5 heteroatoms. The number of nitrogens with zero attached hydrogens (tertiary/aromatic N) is 1. The summed E-state index contributed by atoms with van der Waals surface area (Å²) >= 11 is 0. The van der Waals surface area contributed by atoms with Crippen LogP contribution in [0.2, 0.25) is 0 Å². The summed E-state index contributed by atoms with van der Waals surface area (Å²) in [5.41, 5.74) is 2.50. The van der Waals surface area contributed by atoms with Crippen LogP contribution in [0.4, 0.5) is 4.79 Å². The number of hydrogen-bond acceptors (Lipinski definition) is 3. The van der Waals surface area contributed by atoms with Crippen LogP contribution in [0.3, 0.4) is 0 Å². The van der Waals surface area contributed by atoms with Crippen LogP contribution < -0.4 is 0 Å². The van der Waals surface area contributed by atoms with E-state index in [0.717, 1.165) is 12.0 Å². The SMILES string of the molecule is COC(=O)n1ccc(C(C)Cc2ccccc2)c1CC(=O)O. The monoisotopic (exact) mass is 301 g/mol. The van der Waals surface area contributed by atoms with Crippen molar-refractivity contribution in [3.63, 3.8) is 0 Å². The Morgan fingerprint density at radius 1 is 1.23 bits per heavy atom. The maximum Gasteiger partial charge on any atom is 0.417 e. The molecule has 0 aliphatic rings. The van der Waals surface area contributed by atoms with Crippen LogP contribution in [-0.4, -0.2) is 28.8 Å². The number of carboxylic acid groups (broad SMARTS) is 1. The van der Waals surface area contributed by atoms with E-state index in [0.29, 0.717) is 5.69 Å². The van der Waals surface area contributed by atoms with Crippen molar-refractivity contribution in [2.24, 2.45) is 0 Å². The number of aliphatic carboxylic acids is 1. The van der Waals surface area contributed by atoms with Crippen LogP contribution in [0.25, 0.3) is 0 Å². The Hall–Kier alpha value is -2.56. The number of aromatic nitrogens is 1. The van der Waals surface area contributed by atoms with Crippen molar-refractivity contribution in [1.29, 1.82) is 0 Å². The van der Waals surface area contributed by atoms with E-state index in [2.05, 4.69) is 0 Å². The third kappa shape index (κ3) is 3.55. The van der Waals surface area contributed by atoms with Crippen LogP contribution in [0.5, 0.6) is 0 Å². The molecule has 116 valence electrons. The molecule has 0 radical (unpaired) electrons. The third-order valence-corrected chi connectivity index (χ3v) is 3.63. The Kier molecular flexibility index (Phi) is 4.99. The molecule has 1 N–H and O–H groups in total. The highest BCUT2D eigenvalue weighted by atomic mass is 16.5. The minimum atomic E-state index is -0.975. The molecule has 1 heterocycles. The fourth-order valence-corrected chi connectivity index (χ4v) is 2.61. The van der Waals surface area contributed by atoms with Gasteiger partial charge >= 0.3 is 12.1 Å². The van der Waals surface area contributed by atoms with Crippen molar-refractivity contribution in [3.05, 3.63) is 59.4 Å². The van der Waals surface area contributed by atoms with Gasteiger partial charge in [0.15, 0.2) is 0 Å². The quantitative estimate of drug-likeness (QED) is 0.921. The van der Waals surface area contributed by atoms with Crippen molar-refractivity contribution < 1.29 is 19.4 Å². The second-order valence-electron chi connectivity index (χ2n) is 5.22. The second kappa shape index (κ2) is 6.93. The Labute approximate surface area is 129 Å². The lowest BCUT2D eigenvalue weighted by Crippen LogP contribution is -2.17. The summed E-state index contributed by atoms with van der Waals surface area (Å²) in [6, 6.07) is 11.8. The molecule has 1 aromatic heterocycles. The number of benzene rings is 1. The van der Waals surface area contributed by atoms with Crippen molar-refractivity contribution in [3.8, 4) is 0 Å². The number of rotatable bonds is 5. The fourth-order valence-electron chi connectivity index (χ4n) is 2.61. The van der Waals surface area contributed by atoms with Gasteiger partial charge in [0.25, 0.3) is 0 Å². The minimum absolute atomic E-state index is 0.0997. The molecule has 0 aliphatic carbocycles. The van der Waals surface area contributed by atoms with E-state index in [-0.39, 0.29) is 12.3 Å². The maximum absolute atomic E-state index is 11.8. The summed E-state index contributed by atoms with van der Waals surface area (Å²) in [6.45, 7) is 2.02. The Bertz CT molecular complexity index is 661. The van der Waals surface area contributed by atoms with Crippen LogP contribution >= 0.6 is 0 Å². The Morgan fingerprint density at radius 2 is 1.91 bits per heavy atom. The topological polar surface area (TPSA) is 68.5 Å². The minimum Gasteiger partial charge on any atom is -0.481 e. The van der Waals surface area contributed by atoms with Gasteiger partial charge in [-0.3, -0.25) is 9.36 Å². The molecule has 0 spiro atoms. The van der Waals surface area contributed by atoms with Gasteiger partial charge in [0.1, 0.15) is 0 Å². The van der Waals surface area contributed by atoms with Gasteiger partial charge in [-0.15, -0.1) is 0 Å². The lowest BCUT2D eigenvalue weighted by Gasteiger charge is -2.14. The molecule has 5 nitrogen and oxygen atoms in total. The highest BCUT2D eigenvalue weighted by Crippen LogP contribution is 2.25. The molecule has 2 rings (SSSR count). The van der Waals surface area contributed by atoms with Gasteiger partial charge in [0.05, 0.1) is 13.5 Å². The van der Waals surface area contributed by atoms with Crippen LogP contribution in [0, 0.1) is 0 Å². The van der Waals surface area contributed by atoms with Gasteiger partial charge < -0.3 is 9.84 Å². The number of carboxylic acids is 1. The molecule has 0 saturated carbocycles. The zero-order valence-corrected chi connectivity index (χ0v) is 12.7. The molecule has 1 atom stereocenters. The zero-order valence-electron chi connectivity index (χ0n) is 12.7. The number of methoxy groups -OCH3 is 1. The fraction of sp³-hybridized carbons (Fsp3) is 0.294. The smallest absolute Gasteiger partial charge is 0.417 e. The van der Waals surface area contributed by atoms with Gasteiger partial charge in [-0.05, 0) is 29.5 Å². The van der Waals surface area contributed by atoms with Crippen LogP contribution in [0.15, 0.2) is 42.6 Å². The van der Waals surface area contributed by atoms with Crippen molar-refractivity contribution in [2.75, 3.05) is 7.11 Å². The Balaban J connectivity index is 2.31. The van der Waals surface area contributed by atoms with Crippen molar-refractivity contribution in [1.82, 2.24) is 4.57 Å². The summed E-state index contributed by atoms with van der Waals surface area (Å²) in [7, 11) is 1.28. The van der Waals surface area contributed by atoms with Crippen LogP contribution in [-0.2, 0) is 22.4 Å². The first-order valence-electron chi connectivity index (χ1n) is 7.07. The van der Waals surface area contributed by atoms with Gasteiger partial charge in [-0.1, -0.05) is 37.3 Å². The lowest BCUT2D eigenvalue weighted by atomic mass is 9.93. The molecule has 1 unspecified atom stereocenters. The molecular weight excluding hydrogens is 282 g/mol. The standard InChI is InChI=1S/C17H19NO4/c1-12(10-13-6-4-3-5-7-13)14-8-9-18(17(21)22-2)15(14)11-16(19)20/h3-9,12H,10-11H2,1-2H3,(H,19,20). The lowest BCUT2D eigenvalue weighted by molar-refractivity contribution is -0.136. The van der Waals surface area contributed by atoms with E-state index in [1.165, 1.54) is 17.2 Å². The molecule has 0 fully saturated rings. The number of ether oxygens (including phenoxy) is 1. The predicted octanol–water partition coefficient (Wildman–Crippen LogP) is 3.08. The predicted molar refractivity (Wildman–Crippen MR) is 82.1 cm³/mol. The number of carbonyl (C=O) groups excluding carboxylic acids is 1. The van der Waals surface area contributed by atoms with Crippen molar-refractivity contribution >= 4 is 12.1 Å². The largest absolute Gasteiger partial charge is 0.481 e. The molecule has 22 heavy (non-hydrogen) atoms. The Morgan fingerprint density at radius 3 is 2.50 bits per heavy atom. The van der Waals surface area contributed by atoms with E-state index < -0.39 is 12.1 Å². The second-order valence-corrected chi connectivity index (χ2v) is 5.22. The van der Waals surface area contributed by atoms with E-state index in [1.54, 1.807) is 12.3 Å². The van der Waals surface area contributed by atoms with E-state index >= 15 is 0 Å². The summed E-state index contributed by atoms with van der Waals surface area (Å²) in [5.74, 6) is -0.875. The molecular formula is C17H19NO4.